The lowest BCUT2D eigenvalue weighted by Gasteiger charge is -2.12. The molecular formula is C19H24N4O. The lowest BCUT2D eigenvalue weighted by Crippen LogP contribution is -2.38. The number of nitrogens with zero attached hydrogens (tertiary/aromatic N) is 1. The highest BCUT2D eigenvalue weighted by Crippen LogP contribution is 1.98. The van der Waals surface area contributed by atoms with Crippen molar-refractivity contribution >= 4 is 11.9 Å². The van der Waals surface area contributed by atoms with Gasteiger partial charge in [0.2, 0.25) is 5.91 Å². The first-order valence-electron chi connectivity index (χ1n) is 8.07. The van der Waals surface area contributed by atoms with E-state index < -0.39 is 0 Å². The molecule has 2 aromatic carbocycles. The zero-order valence-electron chi connectivity index (χ0n) is 14.0. The average molecular weight is 324 g/mol. The molecule has 0 aliphatic carbocycles. The maximum Gasteiger partial charge on any atom is 0.222 e. The summed E-state index contributed by atoms with van der Waals surface area (Å²) in [7, 11) is 1.72. The second-order valence-electron chi connectivity index (χ2n) is 5.35. The number of carbonyl (C=O) groups excluding carboxylic acids is 1. The van der Waals surface area contributed by atoms with Crippen LogP contribution in [0.2, 0.25) is 0 Å². The van der Waals surface area contributed by atoms with E-state index in [-0.39, 0.29) is 5.91 Å². The summed E-state index contributed by atoms with van der Waals surface area (Å²) < 4.78 is 0. The predicted octanol–water partition coefficient (Wildman–Crippen LogP) is 2.06. The third-order valence-corrected chi connectivity index (χ3v) is 3.50. The third kappa shape index (κ3) is 6.52. The summed E-state index contributed by atoms with van der Waals surface area (Å²) in [6.07, 6.45) is 0.402. The smallest absolute Gasteiger partial charge is 0.222 e. The van der Waals surface area contributed by atoms with E-state index in [0.29, 0.717) is 32.0 Å². The summed E-state index contributed by atoms with van der Waals surface area (Å²) in [5, 5.41) is 9.28. The molecular weight excluding hydrogens is 300 g/mol. The Morgan fingerprint density at radius 1 is 0.833 bits per heavy atom. The molecule has 0 heterocycles. The second kappa shape index (κ2) is 10.0. The number of benzene rings is 2. The van der Waals surface area contributed by atoms with E-state index in [1.54, 1.807) is 7.05 Å². The molecule has 0 unspecified atom stereocenters. The van der Waals surface area contributed by atoms with Crippen LogP contribution in [0.3, 0.4) is 0 Å². The van der Waals surface area contributed by atoms with Gasteiger partial charge >= 0.3 is 0 Å². The monoisotopic (exact) mass is 324 g/mol. The van der Waals surface area contributed by atoms with E-state index in [1.807, 2.05) is 48.5 Å². The fourth-order valence-corrected chi connectivity index (χ4v) is 2.18. The molecule has 5 nitrogen and oxygen atoms in total. The van der Waals surface area contributed by atoms with Crippen LogP contribution in [0.25, 0.3) is 0 Å². The highest BCUT2D eigenvalue weighted by atomic mass is 16.1. The number of aliphatic imine (C=N–C) groups is 1. The Kier molecular flexibility index (Phi) is 7.34. The van der Waals surface area contributed by atoms with Crippen molar-refractivity contribution in [3.05, 3.63) is 71.8 Å². The molecule has 0 fully saturated rings. The number of hydrogen-bond acceptors (Lipinski definition) is 2. The molecule has 2 aromatic rings. The summed E-state index contributed by atoms with van der Waals surface area (Å²) in [4.78, 5) is 16.0. The Hall–Kier alpha value is -2.82. The maximum atomic E-state index is 11.9. The standard InChI is InChI=1S/C19H24N4O/c1-20-19(23-15-17-10-6-3-7-11-17)21-13-12-18(24)22-14-16-8-4-2-5-9-16/h2-11H,12-15H2,1H3,(H,22,24)(H2,20,21,23). The summed E-state index contributed by atoms with van der Waals surface area (Å²) in [6.45, 7) is 1.79. The molecule has 0 saturated carbocycles. The summed E-state index contributed by atoms with van der Waals surface area (Å²) in [6, 6.07) is 20.0. The average Bonchev–Trinajstić information content (AvgIpc) is 2.64. The Labute approximate surface area is 143 Å². The van der Waals surface area contributed by atoms with Crippen LogP contribution in [-0.2, 0) is 17.9 Å². The van der Waals surface area contributed by atoms with Crippen molar-refractivity contribution in [2.45, 2.75) is 19.5 Å². The molecule has 126 valence electrons. The fraction of sp³-hybridized carbons (Fsp3) is 0.263. The Morgan fingerprint density at radius 2 is 1.38 bits per heavy atom. The van der Waals surface area contributed by atoms with Gasteiger partial charge in [0.1, 0.15) is 0 Å². The number of hydrogen-bond donors (Lipinski definition) is 3. The van der Waals surface area contributed by atoms with Gasteiger partial charge in [0.25, 0.3) is 0 Å². The number of carbonyl (C=O) groups is 1. The van der Waals surface area contributed by atoms with Gasteiger partial charge in [-0.1, -0.05) is 60.7 Å². The molecule has 0 spiro atoms. The zero-order valence-corrected chi connectivity index (χ0v) is 14.0. The normalized spacial score (nSPS) is 11.0. The SMILES string of the molecule is CN=C(NCCC(=O)NCc1ccccc1)NCc1ccccc1. The van der Waals surface area contributed by atoms with Gasteiger partial charge in [-0.25, -0.2) is 0 Å². The molecule has 0 saturated heterocycles. The van der Waals surface area contributed by atoms with E-state index in [4.69, 9.17) is 0 Å². The van der Waals surface area contributed by atoms with Crippen LogP contribution in [0, 0.1) is 0 Å². The van der Waals surface area contributed by atoms with Gasteiger partial charge in [0.05, 0.1) is 0 Å². The summed E-state index contributed by atoms with van der Waals surface area (Å²) in [5.74, 6) is 0.708. The molecule has 2 rings (SSSR count). The van der Waals surface area contributed by atoms with E-state index in [0.717, 1.165) is 5.56 Å². The Balaban J connectivity index is 1.63. The second-order valence-corrected chi connectivity index (χ2v) is 5.35. The van der Waals surface area contributed by atoms with Crippen LogP contribution in [0.1, 0.15) is 17.5 Å². The van der Waals surface area contributed by atoms with E-state index in [2.05, 4.69) is 33.1 Å². The van der Waals surface area contributed by atoms with Crippen molar-refractivity contribution in [3.8, 4) is 0 Å². The molecule has 1 amide bonds. The third-order valence-electron chi connectivity index (χ3n) is 3.50. The first-order chi connectivity index (χ1) is 11.8. The molecule has 0 bridgehead atoms. The quantitative estimate of drug-likeness (QED) is 0.539. The minimum atomic E-state index is 0.0184. The van der Waals surface area contributed by atoms with Crippen molar-refractivity contribution in [3.63, 3.8) is 0 Å². The van der Waals surface area contributed by atoms with Gasteiger partial charge in [-0.15, -0.1) is 0 Å². The van der Waals surface area contributed by atoms with Gasteiger partial charge in [0, 0.05) is 33.1 Å². The van der Waals surface area contributed by atoms with Crippen LogP contribution in [0.15, 0.2) is 65.7 Å². The van der Waals surface area contributed by atoms with Gasteiger partial charge in [0.15, 0.2) is 5.96 Å². The number of rotatable bonds is 7. The lowest BCUT2D eigenvalue weighted by molar-refractivity contribution is -0.121. The van der Waals surface area contributed by atoms with Crippen molar-refractivity contribution in [2.75, 3.05) is 13.6 Å². The molecule has 3 N–H and O–H groups in total. The Bertz CT molecular complexity index is 641. The first kappa shape index (κ1) is 17.5. The molecule has 0 aromatic heterocycles. The van der Waals surface area contributed by atoms with Crippen LogP contribution in [0.5, 0.6) is 0 Å². The van der Waals surface area contributed by atoms with Gasteiger partial charge in [-0.05, 0) is 11.1 Å². The number of amides is 1. The number of guanidine groups is 1. The van der Waals surface area contributed by atoms with E-state index in [9.17, 15) is 4.79 Å². The van der Waals surface area contributed by atoms with Crippen LogP contribution in [-0.4, -0.2) is 25.5 Å². The highest BCUT2D eigenvalue weighted by Gasteiger charge is 2.03. The molecule has 5 heteroatoms. The van der Waals surface area contributed by atoms with E-state index in [1.165, 1.54) is 5.56 Å². The molecule has 0 aliphatic heterocycles. The van der Waals surface area contributed by atoms with Gasteiger partial charge in [-0.3, -0.25) is 9.79 Å². The molecule has 0 radical (unpaired) electrons. The fourth-order valence-electron chi connectivity index (χ4n) is 2.18. The summed E-state index contributed by atoms with van der Waals surface area (Å²) in [5.41, 5.74) is 2.28. The lowest BCUT2D eigenvalue weighted by atomic mass is 10.2. The van der Waals surface area contributed by atoms with Crippen molar-refractivity contribution in [1.29, 1.82) is 0 Å². The minimum Gasteiger partial charge on any atom is -0.356 e. The predicted molar refractivity (Wildman–Crippen MR) is 97.5 cm³/mol. The number of nitrogens with one attached hydrogen (secondary N) is 3. The van der Waals surface area contributed by atoms with Crippen molar-refractivity contribution in [1.82, 2.24) is 16.0 Å². The topological polar surface area (TPSA) is 65.5 Å². The molecule has 24 heavy (non-hydrogen) atoms. The highest BCUT2D eigenvalue weighted by molar-refractivity contribution is 5.81. The Morgan fingerprint density at radius 3 is 1.92 bits per heavy atom. The van der Waals surface area contributed by atoms with Crippen molar-refractivity contribution in [2.24, 2.45) is 4.99 Å². The molecule has 0 aliphatic rings. The van der Waals surface area contributed by atoms with Crippen LogP contribution < -0.4 is 16.0 Å². The van der Waals surface area contributed by atoms with Crippen molar-refractivity contribution < 1.29 is 4.79 Å². The van der Waals surface area contributed by atoms with Crippen LogP contribution >= 0.6 is 0 Å². The largest absolute Gasteiger partial charge is 0.356 e. The van der Waals surface area contributed by atoms with E-state index >= 15 is 0 Å². The van der Waals surface area contributed by atoms with Gasteiger partial charge in [-0.2, -0.15) is 0 Å². The summed E-state index contributed by atoms with van der Waals surface area (Å²) >= 11 is 0. The first-order valence-corrected chi connectivity index (χ1v) is 8.07. The maximum absolute atomic E-state index is 11.9. The zero-order chi connectivity index (χ0) is 17.0. The van der Waals surface area contributed by atoms with Gasteiger partial charge < -0.3 is 16.0 Å². The molecule has 0 atom stereocenters. The van der Waals surface area contributed by atoms with Crippen LogP contribution in [0.4, 0.5) is 0 Å². The minimum absolute atomic E-state index is 0.0184.